The van der Waals surface area contributed by atoms with Crippen LogP contribution in [0.1, 0.15) is 42.6 Å². The fraction of sp³-hybridized carbons (Fsp3) is 0.333. The van der Waals surface area contributed by atoms with Gasteiger partial charge >= 0.3 is 11.9 Å². The van der Waals surface area contributed by atoms with Crippen LogP contribution in [0.3, 0.4) is 0 Å². The summed E-state index contributed by atoms with van der Waals surface area (Å²) < 4.78 is 10.9. The minimum absolute atomic E-state index is 0.0293. The molecule has 0 bridgehead atoms. The van der Waals surface area contributed by atoms with Gasteiger partial charge < -0.3 is 29.8 Å². The molecule has 0 fully saturated rings. The molecule has 0 saturated heterocycles. The molecular formula is C27H32N2O8. The predicted octanol–water partition coefficient (Wildman–Crippen LogP) is 2.87. The third-order valence-corrected chi connectivity index (χ3v) is 5.24. The second-order valence-electron chi connectivity index (χ2n) is 8.16. The predicted molar refractivity (Wildman–Crippen MR) is 137 cm³/mol. The Labute approximate surface area is 215 Å². The molecule has 10 nitrogen and oxygen atoms in total. The number of aromatic hydroxyl groups is 1. The van der Waals surface area contributed by atoms with Crippen molar-refractivity contribution in [3.8, 4) is 5.75 Å². The molecule has 1 aliphatic rings. The van der Waals surface area contributed by atoms with Crippen molar-refractivity contribution < 1.29 is 38.9 Å². The normalized spacial score (nSPS) is 23.9. The maximum Gasteiger partial charge on any atom is 0.342 e. The van der Waals surface area contributed by atoms with Gasteiger partial charge in [0.15, 0.2) is 0 Å². The first-order chi connectivity index (χ1) is 17.7. The third kappa shape index (κ3) is 10.1. The first-order valence-electron chi connectivity index (χ1n) is 11.6. The number of allylic oxidation sites excluding steroid dienone is 2. The summed E-state index contributed by atoms with van der Waals surface area (Å²) in [5.74, 6) is -2.12. The Hall–Kier alpha value is -4.18. The van der Waals surface area contributed by atoms with E-state index in [0.717, 1.165) is 0 Å². The Balaban J connectivity index is 2.25. The Morgan fingerprint density at radius 1 is 1.27 bits per heavy atom. The summed E-state index contributed by atoms with van der Waals surface area (Å²) in [6.07, 6.45) is 9.26. The lowest BCUT2D eigenvalue weighted by atomic mass is 10.0. The molecule has 1 aromatic carbocycles. The molecule has 0 saturated carbocycles. The number of fused-ring (bicyclic) bond motifs is 1. The number of cyclic esters (lactones) is 2. The molecule has 198 valence electrons. The number of oxime groups is 1. The number of benzene rings is 1. The molecule has 3 N–H and O–H groups in total. The first kappa shape index (κ1) is 29.1. The first-order valence-corrected chi connectivity index (χ1v) is 11.6. The number of hydrogen-bond donors (Lipinski definition) is 3. The van der Waals surface area contributed by atoms with Crippen molar-refractivity contribution in [2.24, 2.45) is 5.16 Å². The van der Waals surface area contributed by atoms with E-state index in [0.29, 0.717) is 11.1 Å². The van der Waals surface area contributed by atoms with E-state index in [1.54, 1.807) is 38.1 Å². The smallest absolute Gasteiger partial charge is 0.342 e. The monoisotopic (exact) mass is 512 g/mol. The fourth-order valence-electron chi connectivity index (χ4n) is 3.30. The molecule has 0 aromatic heterocycles. The molecule has 37 heavy (non-hydrogen) atoms. The lowest BCUT2D eigenvalue weighted by Gasteiger charge is -2.18. The zero-order chi connectivity index (χ0) is 27.2. The number of ether oxygens (including phenoxy) is 2. The molecule has 1 aliphatic heterocycles. The van der Waals surface area contributed by atoms with E-state index in [9.17, 15) is 24.6 Å². The van der Waals surface area contributed by atoms with E-state index < -0.39 is 36.2 Å². The van der Waals surface area contributed by atoms with Crippen molar-refractivity contribution in [2.75, 3.05) is 7.11 Å². The zero-order valence-corrected chi connectivity index (χ0v) is 21.0. The Morgan fingerprint density at radius 2 is 2.05 bits per heavy atom. The molecule has 0 aliphatic carbocycles. The summed E-state index contributed by atoms with van der Waals surface area (Å²) in [5.41, 5.74) is 1.09. The van der Waals surface area contributed by atoms with Crippen LogP contribution >= 0.6 is 0 Å². The number of carbonyl (C=O) groups excluding carboxylic acids is 3. The molecule has 0 radical (unpaired) electrons. The van der Waals surface area contributed by atoms with Crippen LogP contribution in [0.25, 0.3) is 0 Å². The number of hydrogen-bond acceptors (Lipinski definition) is 9. The van der Waals surface area contributed by atoms with E-state index in [1.807, 2.05) is 0 Å². The molecule has 1 aromatic rings. The maximum absolute atomic E-state index is 13.1. The highest BCUT2D eigenvalue weighted by Crippen LogP contribution is 2.25. The van der Waals surface area contributed by atoms with E-state index in [1.165, 1.54) is 49.9 Å². The van der Waals surface area contributed by atoms with Crippen LogP contribution in [0.15, 0.2) is 71.6 Å². The summed E-state index contributed by atoms with van der Waals surface area (Å²) in [7, 11) is 1.38. The van der Waals surface area contributed by atoms with Crippen LogP contribution in [-0.4, -0.2) is 59.7 Å². The number of aliphatic hydroxyl groups excluding tert-OH is 1. The van der Waals surface area contributed by atoms with Gasteiger partial charge in [-0.25, -0.2) is 4.79 Å². The summed E-state index contributed by atoms with van der Waals surface area (Å²) >= 11 is 0. The number of phenolic OH excluding ortho intramolecular Hbond substituents is 1. The van der Waals surface area contributed by atoms with E-state index in [-0.39, 0.29) is 30.6 Å². The van der Waals surface area contributed by atoms with Crippen LogP contribution in [0.4, 0.5) is 0 Å². The molecule has 0 unspecified atom stereocenters. The lowest BCUT2D eigenvalue weighted by molar-refractivity contribution is -0.148. The van der Waals surface area contributed by atoms with Crippen molar-refractivity contribution in [2.45, 2.75) is 51.4 Å². The summed E-state index contributed by atoms with van der Waals surface area (Å²) in [4.78, 5) is 41.9. The van der Waals surface area contributed by atoms with Crippen molar-refractivity contribution in [1.82, 2.24) is 5.32 Å². The number of rotatable bonds is 6. The number of carbonyl (C=O) groups is 3. The number of nitrogens with zero attached hydrogens (tertiary/aromatic N) is 1. The SMILES string of the molecule is CO/N=C/C=C/C(=O)N/C=C/C[C@H]1CC(=O)O[C@H](C)/C=C/[C@@H](O)/C(C)=C\Cc2cccc(O)c2C(=O)O1. The summed E-state index contributed by atoms with van der Waals surface area (Å²) in [6.45, 7) is 3.38. The van der Waals surface area contributed by atoms with Gasteiger partial charge in [-0.2, -0.15) is 0 Å². The van der Waals surface area contributed by atoms with Gasteiger partial charge in [-0.3, -0.25) is 9.59 Å². The van der Waals surface area contributed by atoms with Gasteiger partial charge in [-0.05, 0) is 49.6 Å². The van der Waals surface area contributed by atoms with Gasteiger partial charge in [0.1, 0.15) is 30.6 Å². The van der Waals surface area contributed by atoms with Gasteiger partial charge in [-0.15, -0.1) is 0 Å². The minimum Gasteiger partial charge on any atom is -0.507 e. The number of nitrogens with one attached hydrogen (secondary N) is 1. The van der Waals surface area contributed by atoms with Crippen molar-refractivity contribution in [3.05, 3.63) is 77.6 Å². The van der Waals surface area contributed by atoms with Crippen LogP contribution in [0.5, 0.6) is 5.75 Å². The summed E-state index contributed by atoms with van der Waals surface area (Å²) in [5, 5.41) is 26.7. The summed E-state index contributed by atoms with van der Waals surface area (Å²) in [6, 6.07) is 4.65. The second kappa shape index (κ2) is 15.0. The van der Waals surface area contributed by atoms with Crippen LogP contribution in [-0.2, 0) is 30.3 Å². The standard InChI is InChI=1S/C27H32N2O8/c1-18-11-13-20-7-4-9-23(31)26(20)27(34)37-21(17-25(33)36-19(2)12-14-22(18)30)8-5-15-28-24(32)10-6-16-29-35-3/h4-7,9-12,14-16,19,21-22,30-31H,8,13,17H2,1-3H3,(H,28,32)/b10-6+,14-12+,15-5+,18-11-,29-16+/t19-,21+,22-/m1/s1. The second-order valence-corrected chi connectivity index (χ2v) is 8.16. The van der Waals surface area contributed by atoms with E-state index in [4.69, 9.17) is 9.47 Å². The van der Waals surface area contributed by atoms with Gasteiger partial charge in [0.2, 0.25) is 5.91 Å². The van der Waals surface area contributed by atoms with Crippen LogP contribution in [0.2, 0.25) is 0 Å². The Kier molecular flexibility index (Phi) is 11.8. The fourth-order valence-corrected chi connectivity index (χ4v) is 3.30. The molecule has 1 heterocycles. The van der Waals surface area contributed by atoms with Crippen molar-refractivity contribution >= 4 is 24.1 Å². The largest absolute Gasteiger partial charge is 0.507 e. The van der Waals surface area contributed by atoms with Gasteiger partial charge in [0, 0.05) is 18.7 Å². The molecule has 1 amide bonds. The highest BCUT2D eigenvalue weighted by Gasteiger charge is 2.24. The average molecular weight is 513 g/mol. The number of amides is 1. The van der Waals surface area contributed by atoms with Crippen LogP contribution < -0.4 is 5.32 Å². The lowest BCUT2D eigenvalue weighted by Crippen LogP contribution is -2.25. The molecule has 0 spiro atoms. The Bertz CT molecular complexity index is 1100. The maximum atomic E-state index is 13.1. The quantitative estimate of drug-likeness (QED) is 0.174. The number of phenols is 1. The zero-order valence-electron chi connectivity index (χ0n) is 21.0. The molecule has 2 rings (SSSR count). The van der Waals surface area contributed by atoms with Crippen molar-refractivity contribution in [3.63, 3.8) is 0 Å². The number of aliphatic hydroxyl groups is 1. The highest BCUT2D eigenvalue weighted by atomic mass is 16.6. The van der Waals surface area contributed by atoms with Crippen molar-refractivity contribution in [1.29, 1.82) is 0 Å². The van der Waals surface area contributed by atoms with E-state index in [2.05, 4.69) is 15.3 Å². The number of esters is 2. The minimum atomic E-state index is -0.936. The Morgan fingerprint density at radius 3 is 2.81 bits per heavy atom. The highest BCUT2D eigenvalue weighted by molar-refractivity contribution is 5.94. The topological polar surface area (TPSA) is 144 Å². The average Bonchev–Trinajstić information content (AvgIpc) is 2.85. The molecule has 3 atom stereocenters. The molecular weight excluding hydrogens is 480 g/mol. The van der Waals surface area contributed by atoms with Gasteiger partial charge in [0.05, 0.1) is 18.7 Å². The van der Waals surface area contributed by atoms with Gasteiger partial charge in [-0.1, -0.05) is 35.5 Å². The van der Waals surface area contributed by atoms with Gasteiger partial charge in [0.25, 0.3) is 0 Å². The molecule has 10 heteroatoms. The van der Waals surface area contributed by atoms with E-state index >= 15 is 0 Å². The van der Waals surface area contributed by atoms with Crippen LogP contribution in [0, 0.1) is 0 Å². The third-order valence-electron chi connectivity index (χ3n) is 5.24.